The van der Waals surface area contributed by atoms with E-state index in [0.29, 0.717) is 12.6 Å². The Labute approximate surface area is 230 Å². The molecule has 2 aromatic carbocycles. The highest BCUT2D eigenvalue weighted by Gasteiger charge is 2.34. The van der Waals surface area contributed by atoms with Crippen molar-refractivity contribution in [3.05, 3.63) is 87.0 Å². The van der Waals surface area contributed by atoms with Crippen LogP contribution in [0.2, 0.25) is 0 Å². The van der Waals surface area contributed by atoms with E-state index in [1.54, 1.807) is 0 Å². The molecule has 2 aliphatic rings. The summed E-state index contributed by atoms with van der Waals surface area (Å²) < 4.78 is 1.90. The van der Waals surface area contributed by atoms with Crippen molar-refractivity contribution in [3.63, 3.8) is 0 Å². The van der Waals surface area contributed by atoms with Crippen LogP contribution < -0.4 is 5.56 Å². The molecule has 39 heavy (non-hydrogen) atoms. The molecule has 1 aliphatic heterocycles. The van der Waals surface area contributed by atoms with Gasteiger partial charge < -0.3 is 4.98 Å². The van der Waals surface area contributed by atoms with Crippen molar-refractivity contribution in [3.8, 4) is 0 Å². The standard InChI is InChI=1S/C31H39N7O/c1-22-19-23(2)28-25(20-22)21-27(31(39)32-28)29(37-17-15-36(16-18-37)26-11-7-4-8-12-26)30-33-34-35-38(30)14-13-24-9-5-3-6-10-24/h3,5-6,9-10,19-21,26,29H,4,7-8,11-18H2,1-2H3,(H,32,39)/t29-/m1/s1. The van der Waals surface area contributed by atoms with Crippen molar-refractivity contribution in [1.29, 1.82) is 0 Å². The number of hydrogen-bond acceptors (Lipinski definition) is 6. The first-order valence-corrected chi connectivity index (χ1v) is 14.5. The first-order chi connectivity index (χ1) is 19.1. The Morgan fingerprint density at radius 2 is 1.74 bits per heavy atom. The summed E-state index contributed by atoms with van der Waals surface area (Å²) in [5, 5.41) is 14.1. The minimum Gasteiger partial charge on any atom is -0.321 e. The topological polar surface area (TPSA) is 82.9 Å². The molecule has 4 aromatic rings. The lowest BCUT2D eigenvalue weighted by Crippen LogP contribution is -2.52. The van der Waals surface area contributed by atoms with Crippen molar-refractivity contribution in [2.45, 2.75) is 71.0 Å². The number of pyridine rings is 1. The molecule has 8 heteroatoms. The highest BCUT2D eigenvalue weighted by molar-refractivity contribution is 5.83. The number of nitrogens with zero attached hydrogens (tertiary/aromatic N) is 6. The predicted molar refractivity (Wildman–Crippen MR) is 154 cm³/mol. The Morgan fingerprint density at radius 3 is 2.51 bits per heavy atom. The van der Waals surface area contributed by atoms with Gasteiger partial charge in [0.2, 0.25) is 0 Å². The van der Waals surface area contributed by atoms with Crippen molar-refractivity contribution >= 4 is 10.9 Å². The number of nitrogens with one attached hydrogen (secondary N) is 1. The maximum atomic E-state index is 13.7. The fourth-order valence-electron chi connectivity index (χ4n) is 6.66. The Hall–Kier alpha value is -3.36. The van der Waals surface area contributed by atoms with Crippen LogP contribution in [0.15, 0.2) is 53.3 Å². The van der Waals surface area contributed by atoms with Crippen LogP contribution >= 0.6 is 0 Å². The average molecular weight is 526 g/mol. The molecule has 204 valence electrons. The van der Waals surface area contributed by atoms with Gasteiger partial charge in [-0.1, -0.05) is 61.2 Å². The zero-order valence-electron chi connectivity index (χ0n) is 23.1. The summed E-state index contributed by atoms with van der Waals surface area (Å²) in [4.78, 5) is 22.0. The van der Waals surface area contributed by atoms with Crippen LogP contribution in [-0.4, -0.2) is 67.2 Å². The third kappa shape index (κ3) is 5.54. The number of aromatic amines is 1. The van der Waals surface area contributed by atoms with Crippen molar-refractivity contribution in [2.24, 2.45) is 0 Å². The number of aryl methyl sites for hydroxylation is 4. The Kier molecular flexibility index (Phi) is 7.57. The summed E-state index contributed by atoms with van der Waals surface area (Å²) >= 11 is 0. The van der Waals surface area contributed by atoms with Gasteiger partial charge in [-0.15, -0.1) is 5.10 Å². The summed E-state index contributed by atoms with van der Waals surface area (Å²) in [6, 6.07) is 17.1. The van der Waals surface area contributed by atoms with E-state index in [0.717, 1.165) is 60.5 Å². The van der Waals surface area contributed by atoms with E-state index in [4.69, 9.17) is 0 Å². The molecule has 1 saturated carbocycles. The van der Waals surface area contributed by atoms with E-state index in [9.17, 15) is 4.79 Å². The molecule has 6 rings (SSSR count). The molecule has 3 heterocycles. The quantitative estimate of drug-likeness (QED) is 0.385. The van der Waals surface area contributed by atoms with E-state index >= 15 is 0 Å². The summed E-state index contributed by atoms with van der Waals surface area (Å²) in [5.74, 6) is 0.742. The predicted octanol–water partition coefficient (Wildman–Crippen LogP) is 4.41. The van der Waals surface area contributed by atoms with Crippen LogP contribution in [-0.2, 0) is 13.0 Å². The Balaban J connectivity index is 1.35. The highest BCUT2D eigenvalue weighted by atomic mass is 16.1. The van der Waals surface area contributed by atoms with Gasteiger partial charge in [-0.05, 0) is 72.2 Å². The first kappa shape index (κ1) is 25.9. The molecular weight excluding hydrogens is 486 g/mol. The van der Waals surface area contributed by atoms with Gasteiger partial charge in [-0.3, -0.25) is 14.6 Å². The van der Waals surface area contributed by atoms with Gasteiger partial charge in [0.25, 0.3) is 5.56 Å². The number of aromatic nitrogens is 5. The molecule has 1 N–H and O–H groups in total. The highest BCUT2D eigenvalue weighted by Crippen LogP contribution is 2.30. The van der Waals surface area contributed by atoms with Crippen LogP contribution in [0.3, 0.4) is 0 Å². The fourth-order valence-corrected chi connectivity index (χ4v) is 6.66. The van der Waals surface area contributed by atoms with Crippen LogP contribution in [0, 0.1) is 13.8 Å². The van der Waals surface area contributed by atoms with Crippen LogP contribution in [0.1, 0.15) is 66.2 Å². The number of H-pyrrole nitrogens is 1. The minimum atomic E-state index is -0.307. The number of piperazine rings is 1. The number of rotatable bonds is 7. The lowest BCUT2D eigenvalue weighted by Gasteiger charge is -2.43. The summed E-state index contributed by atoms with van der Waals surface area (Å²) in [6.45, 7) is 8.61. The summed E-state index contributed by atoms with van der Waals surface area (Å²) in [7, 11) is 0. The molecule has 2 aromatic heterocycles. The molecule has 2 fully saturated rings. The van der Waals surface area contributed by atoms with Gasteiger partial charge in [0, 0.05) is 44.3 Å². The lowest BCUT2D eigenvalue weighted by molar-refractivity contribution is 0.0617. The second-order valence-electron chi connectivity index (χ2n) is 11.4. The molecule has 0 radical (unpaired) electrons. The molecule has 8 nitrogen and oxygen atoms in total. The molecule has 0 unspecified atom stereocenters. The Bertz CT molecular complexity index is 1460. The molecule has 0 bridgehead atoms. The number of tetrazole rings is 1. The minimum absolute atomic E-state index is 0.0632. The summed E-state index contributed by atoms with van der Waals surface area (Å²) in [6.07, 6.45) is 7.50. The van der Waals surface area contributed by atoms with Crippen LogP contribution in [0.5, 0.6) is 0 Å². The third-order valence-electron chi connectivity index (χ3n) is 8.68. The normalized spacial score (nSPS) is 18.5. The molecule has 1 atom stereocenters. The van der Waals surface area contributed by atoms with Crippen LogP contribution in [0.25, 0.3) is 10.9 Å². The second kappa shape index (κ2) is 11.4. The van der Waals surface area contributed by atoms with Crippen LogP contribution in [0.4, 0.5) is 0 Å². The third-order valence-corrected chi connectivity index (χ3v) is 8.68. The molecule has 1 saturated heterocycles. The van der Waals surface area contributed by atoms with E-state index in [2.05, 4.69) is 86.6 Å². The van der Waals surface area contributed by atoms with Crippen molar-refractivity contribution in [2.75, 3.05) is 26.2 Å². The maximum absolute atomic E-state index is 13.7. The monoisotopic (exact) mass is 525 g/mol. The molecule has 0 amide bonds. The Morgan fingerprint density at radius 1 is 0.974 bits per heavy atom. The number of fused-ring (bicyclic) bond motifs is 1. The van der Waals surface area contributed by atoms with Gasteiger partial charge in [0.15, 0.2) is 5.82 Å². The maximum Gasteiger partial charge on any atom is 0.253 e. The zero-order chi connectivity index (χ0) is 26.8. The largest absolute Gasteiger partial charge is 0.321 e. The van der Waals surface area contributed by atoms with Crippen molar-refractivity contribution in [1.82, 2.24) is 35.0 Å². The van der Waals surface area contributed by atoms with E-state index in [1.165, 1.54) is 43.2 Å². The molecule has 0 spiro atoms. The molecule has 1 aliphatic carbocycles. The van der Waals surface area contributed by atoms with E-state index < -0.39 is 0 Å². The smallest absolute Gasteiger partial charge is 0.253 e. The SMILES string of the molecule is Cc1cc(C)c2[nH]c(=O)c([C@H](c3nnnn3CCc3ccccc3)N3CCN(C4CCCCC4)CC3)cc2c1. The fraction of sp³-hybridized carbons (Fsp3) is 0.484. The number of benzene rings is 2. The van der Waals surface area contributed by atoms with Crippen molar-refractivity contribution < 1.29 is 0 Å². The van der Waals surface area contributed by atoms with Gasteiger partial charge >= 0.3 is 0 Å². The number of hydrogen-bond donors (Lipinski definition) is 1. The average Bonchev–Trinajstić information content (AvgIpc) is 3.42. The second-order valence-corrected chi connectivity index (χ2v) is 11.4. The summed E-state index contributed by atoms with van der Waals surface area (Å²) in [5.41, 5.74) is 5.06. The zero-order valence-corrected chi connectivity index (χ0v) is 23.1. The lowest BCUT2D eigenvalue weighted by atomic mass is 9.93. The van der Waals surface area contributed by atoms with Gasteiger partial charge in [0.05, 0.1) is 5.52 Å². The van der Waals surface area contributed by atoms with Gasteiger partial charge in [-0.2, -0.15) is 0 Å². The van der Waals surface area contributed by atoms with Gasteiger partial charge in [0.1, 0.15) is 6.04 Å². The van der Waals surface area contributed by atoms with E-state index in [-0.39, 0.29) is 11.6 Å². The first-order valence-electron chi connectivity index (χ1n) is 14.5. The van der Waals surface area contributed by atoms with E-state index in [1.807, 2.05) is 10.7 Å². The van der Waals surface area contributed by atoms with Gasteiger partial charge in [-0.25, -0.2) is 4.68 Å². The molecular formula is C31H39N7O.